The van der Waals surface area contributed by atoms with Crippen LogP contribution in [0.25, 0.3) is 0 Å². The van der Waals surface area contributed by atoms with Crippen LogP contribution in [0.15, 0.2) is 24.5 Å². The monoisotopic (exact) mass is 239 g/mol. The molecule has 4 heteroatoms. The lowest BCUT2D eigenvalue weighted by molar-refractivity contribution is -0.109. The van der Waals surface area contributed by atoms with Crippen molar-refractivity contribution in [3.05, 3.63) is 30.1 Å². The summed E-state index contributed by atoms with van der Waals surface area (Å²) < 4.78 is 0. The third kappa shape index (κ3) is 5.28. The van der Waals surface area contributed by atoms with Gasteiger partial charge in [0.05, 0.1) is 6.10 Å². The molecule has 0 saturated carbocycles. The molecule has 0 radical (unpaired) electrons. The van der Waals surface area contributed by atoms with E-state index in [0.29, 0.717) is 0 Å². The molecule has 1 unspecified atom stereocenters. The predicted octanol–water partition coefficient (Wildman–Crippen LogP) is 2.57. The first-order valence-electron chi connectivity index (χ1n) is 5.41. The molecule has 0 aliphatic rings. The van der Waals surface area contributed by atoms with E-state index in [1.54, 1.807) is 19.3 Å². The molecular weight excluding hydrogens is 222 g/mol. The van der Waals surface area contributed by atoms with Gasteiger partial charge in [-0.15, -0.1) is 0 Å². The van der Waals surface area contributed by atoms with Crippen molar-refractivity contribution in [3.63, 3.8) is 0 Å². The van der Waals surface area contributed by atoms with Crippen LogP contribution in [-0.2, 0) is 4.79 Å². The van der Waals surface area contributed by atoms with Gasteiger partial charge in [-0.25, -0.2) is 0 Å². The summed E-state index contributed by atoms with van der Waals surface area (Å²) in [6.07, 6.45) is 5.56. The number of hydrogen-bond donors (Lipinski definition) is 1. The first-order valence-corrected chi connectivity index (χ1v) is 6.40. The van der Waals surface area contributed by atoms with Gasteiger partial charge >= 0.3 is 0 Å². The van der Waals surface area contributed by atoms with Crippen molar-refractivity contribution in [2.45, 2.75) is 32.3 Å². The molecule has 0 amide bonds. The molecule has 0 saturated heterocycles. The van der Waals surface area contributed by atoms with Crippen molar-refractivity contribution >= 4 is 16.9 Å². The van der Waals surface area contributed by atoms with E-state index in [2.05, 4.69) is 4.98 Å². The average Bonchev–Trinajstić information content (AvgIpc) is 2.29. The molecular formula is C12H17NO2S. The molecule has 1 heterocycles. The molecule has 0 bridgehead atoms. The van der Waals surface area contributed by atoms with Crippen molar-refractivity contribution < 1.29 is 9.90 Å². The van der Waals surface area contributed by atoms with E-state index in [0.717, 1.165) is 30.6 Å². The Hall–Kier alpha value is -0.870. The van der Waals surface area contributed by atoms with E-state index < -0.39 is 6.10 Å². The number of hydrogen-bond acceptors (Lipinski definition) is 4. The predicted molar refractivity (Wildman–Crippen MR) is 66.2 cm³/mol. The van der Waals surface area contributed by atoms with Gasteiger partial charge in [0.1, 0.15) is 0 Å². The van der Waals surface area contributed by atoms with Gasteiger partial charge in [-0.3, -0.25) is 9.78 Å². The molecule has 0 spiro atoms. The molecule has 88 valence electrons. The zero-order valence-electron chi connectivity index (χ0n) is 9.43. The summed E-state index contributed by atoms with van der Waals surface area (Å²) in [6, 6.07) is 3.70. The maximum Gasteiger partial charge on any atom is 0.185 e. The number of thioether (sulfide) groups is 1. The van der Waals surface area contributed by atoms with E-state index in [1.807, 2.05) is 12.1 Å². The zero-order chi connectivity index (χ0) is 11.8. The Morgan fingerprint density at radius 1 is 1.56 bits per heavy atom. The van der Waals surface area contributed by atoms with Gasteiger partial charge in [0.25, 0.3) is 0 Å². The third-order valence-corrected chi connectivity index (χ3v) is 3.15. The molecule has 0 aliphatic carbocycles. The van der Waals surface area contributed by atoms with Gasteiger partial charge in [0.2, 0.25) is 0 Å². The fourth-order valence-corrected chi connectivity index (χ4v) is 2.03. The first-order chi connectivity index (χ1) is 7.70. The summed E-state index contributed by atoms with van der Waals surface area (Å²) in [5, 5.41) is 9.98. The SMILES string of the molecule is CC(=O)SCCCCC(O)c1cccnc1. The Labute approximate surface area is 100 Å². The van der Waals surface area contributed by atoms with Crippen molar-refractivity contribution in [1.29, 1.82) is 0 Å². The number of aliphatic hydroxyl groups excluding tert-OH is 1. The summed E-state index contributed by atoms with van der Waals surface area (Å²) in [7, 11) is 0. The van der Waals surface area contributed by atoms with Crippen LogP contribution in [0.4, 0.5) is 0 Å². The molecule has 1 atom stereocenters. The van der Waals surface area contributed by atoms with Gasteiger partial charge in [-0.1, -0.05) is 17.8 Å². The number of unbranched alkanes of at least 4 members (excludes halogenated alkanes) is 1. The number of pyridine rings is 1. The Kier molecular flexibility index (Phi) is 6.11. The number of aromatic nitrogens is 1. The summed E-state index contributed by atoms with van der Waals surface area (Å²) >= 11 is 1.35. The van der Waals surface area contributed by atoms with Crippen LogP contribution in [0.5, 0.6) is 0 Å². The van der Waals surface area contributed by atoms with Crippen LogP contribution in [-0.4, -0.2) is 21.0 Å². The number of carbonyl (C=O) groups excluding carboxylic acids is 1. The second-order valence-electron chi connectivity index (χ2n) is 3.64. The Balaban J connectivity index is 2.16. The van der Waals surface area contributed by atoms with Crippen LogP contribution in [0.1, 0.15) is 37.9 Å². The topological polar surface area (TPSA) is 50.2 Å². The quantitative estimate of drug-likeness (QED) is 0.775. The zero-order valence-corrected chi connectivity index (χ0v) is 10.2. The normalized spacial score (nSPS) is 12.4. The van der Waals surface area contributed by atoms with E-state index in [9.17, 15) is 9.90 Å². The average molecular weight is 239 g/mol. The Bertz CT molecular complexity index is 316. The maximum atomic E-state index is 10.7. The maximum absolute atomic E-state index is 10.7. The molecule has 1 aromatic heterocycles. The highest BCUT2D eigenvalue weighted by Gasteiger charge is 2.06. The van der Waals surface area contributed by atoms with Crippen molar-refractivity contribution in [1.82, 2.24) is 4.98 Å². The highest BCUT2D eigenvalue weighted by molar-refractivity contribution is 8.13. The number of nitrogens with zero attached hydrogens (tertiary/aromatic N) is 1. The molecule has 1 aromatic rings. The lowest BCUT2D eigenvalue weighted by atomic mass is 10.1. The number of carbonyl (C=O) groups is 1. The molecule has 1 rings (SSSR count). The van der Waals surface area contributed by atoms with Crippen LogP contribution < -0.4 is 0 Å². The molecule has 0 aromatic carbocycles. The Morgan fingerprint density at radius 3 is 3.00 bits per heavy atom. The fourth-order valence-electron chi connectivity index (χ4n) is 1.40. The van der Waals surface area contributed by atoms with Gasteiger partial charge in [-0.2, -0.15) is 0 Å². The minimum atomic E-state index is -0.434. The smallest absolute Gasteiger partial charge is 0.185 e. The van der Waals surface area contributed by atoms with E-state index >= 15 is 0 Å². The van der Waals surface area contributed by atoms with Gasteiger partial charge in [-0.05, 0) is 30.9 Å². The van der Waals surface area contributed by atoms with Crippen LogP contribution in [0.3, 0.4) is 0 Å². The van der Waals surface area contributed by atoms with Crippen molar-refractivity contribution in [2.75, 3.05) is 5.75 Å². The summed E-state index contributed by atoms with van der Waals surface area (Å²) in [6.45, 7) is 1.58. The second-order valence-corrected chi connectivity index (χ2v) is 4.91. The summed E-state index contributed by atoms with van der Waals surface area (Å²) in [5.41, 5.74) is 0.863. The number of rotatable bonds is 6. The summed E-state index contributed by atoms with van der Waals surface area (Å²) in [4.78, 5) is 14.6. The molecule has 3 nitrogen and oxygen atoms in total. The van der Waals surface area contributed by atoms with Gasteiger partial charge in [0.15, 0.2) is 5.12 Å². The largest absolute Gasteiger partial charge is 0.388 e. The molecule has 1 N–H and O–H groups in total. The summed E-state index contributed by atoms with van der Waals surface area (Å²) in [5.74, 6) is 0.842. The van der Waals surface area contributed by atoms with Crippen LogP contribution in [0, 0.1) is 0 Å². The second kappa shape index (κ2) is 7.41. The molecule has 16 heavy (non-hydrogen) atoms. The minimum absolute atomic E-state index is 0.160. The first kappa shape index (κ1) is 13.2. The number of aliphatic hydroxyl groups is 1. The highest BCUT2D eigenvalue weighted by atomic mass is 32.2. The minimum Gasteiger partial charge on any atom is -0.388 e. The molecule has 0 aliphatic heterocycles. The van der Waals surface area contributed by atoms with Crippen molar-refractivity contribution in [3.8, 4) is 0 Å². The van der Waals surface area contributed by atoms with E-state index in [4.69, 9.17) is 0 Å². The van der Waals surface area contributed by atoms with Gasteiger partial charge < -0.3 is 5.11 Å². The highest BCUT2D eigenvalue weighted by Crippen LogP contribution is 2.18. The van der Waals surface area contributed by atoms with Crippen molar-refractivity contribution in [2.24, 2.45) is 0 Å². The third-order valence-electron chi connectivity index (χ3n) is 2.25. The standard InChI is InChI=1S/C12H17NO2S/c1-10(14)16-8-3-2-6-12(15)11-5-4-7-13-9-11/h4-5,7,9,12,15H,2-3,6,8H2,1H3. The lowest BCUT2D eigenvalue weighted by Gasteiger charge is -2.09. The Morgan fingerprint density at radius 2 is 2.38 bits per heavy atom. The van der Waals surface area contributed by atoms with E-state index in [-0.39, 0.29) is 5.12 Å². The fraction of sp³-hybridized carbons (Fsp3) is 0.500. The lowest BCUT2D eigenvalue weighted by Crippen LogP contribution is -1.98. The van der Waals surface area contributed by atoms with Gasteiger partial charge in [0, 0.05) is 25.1 Å². The van der Waals surface area contributed by atoms with Crippen LogP contribution >= 0.6 is 11.8 Å². The van der Waals surface area contributed by atoms with E-state index in [1.165, 1.54) is 11.8 Å². The molecule has 0 fully saturated rings. The van der Waals surface area contributed by atoms with Crippen LogP contribution in [0.2, 0.25) is 0 Å².